The van der Waals surface area contributed by atoms with Crippen molar-refractivity contribution in [1.82, 2.24) is 4.90 Å². The van der Waals surface area contributed by atoms with Crippen molar-refractivity contribution < 1.29 is 14.7 Å². The fraction of sp³-hybridized carbons (Fsp3) is 0.500. The topological polar surface area (TPSA) is 69.6 Å². The van der Waals surface area contributed by atoms with Crippen LogP contribution in [0.4, 0.5) is 5.69 Å². The number of piperidine rings is 1. The number of anilines is 1. The summed E-state index contributed by atoms with van der Waals surface area (Å²) in [7, 11) is 0. The number of nitrogens with one attached hydrogen (secondary N) is 1. The van der Waals surface area contributed by atoms with Crippen molar-refractivity contribution in [2.24, 2.45) is 5.92 Å². The molecule has 114 valence electrons. The lowest BCUT2D eigenvalue weighted by Gasteiger charge is -2.30. The number of likely N-dealkylation sites (tertiary alicyclic amines) is 1. The maximum Gasteiger partial charge on any atom is 0.306 e. The highest BCUT2D eigenvalue weighted by atomic mass is 16.4. The van der Waals surface area contributed by atoms with Gasteiger partial charge in [0.2, 0.25) is 5.91 Å². The van der Waals surface area contributed by atoms with Crippen molar-refractivity contribution in [1.29, 1.82) is 0 Å². The highest BCUT2D eigenvalue weighted by Gasteiger charge is 2.26. The van der Waals surface area contributed by atoms with E-state index in [2.05, 4.69) is 12.2 Å². The van der Waals surface area contributed by atoms with Gasteiger partial charge < -0.3 is 15.3 Å². The van der Waals surface area contributed by atoms with Gasteiger partial charge in [-0.15, -0.1) is 0 Å². The summed E-state index contributed by atoms with van der Waals surface area (Å²) < 4.78 is 0. The molecule has 1 saturated heterocycles. The van der Waals surface area contributed by atoms with Crippen molar-refractivity contribution in [2.75, 3.05) is 25.0 Å². The molecule has 0 unspecified atom stereocenters. The predicted molar refractivity (Wildman–Crippen MR) is 81.2 cm³/mol. The molecule has 0 aliphatic carbocycles. The molecule has 2 N–H and O–H groups in total. The Morgan fingerprint density at radius 1 is 1.29 bits per heavy atom. The van der Waals surface area contributed by atoms with E-state index >= 15 is 0 Å². The highest BCUT2D eigenvalue weighted by Crippen LogP contribution is 2.18. The fourth-order valence-electron chi connectivity index (χ4n) is 2.66. The summed E-state index contributed by atoms with van der Waals surface area (Å²) in [6, 6.07) is 7.96. The molecule has 0 saturated carbocycles. The molecule has 0 spiro atoms. The first kappa shape index (κ1) is 15.4. The summed E-state index contributed by atoms with van der Waals surface area (Å²) >= 11 is 0. The Bertz CT molecular complexity index is 508. The first-order valence-electron chi connectivity index (χ1n) is 7.44. The predicted octanol–water partition coefficient (Wildman–Crippen LogP) is 1.98. The van der Waals surface area contributed by atoms with Gasteiger partial charge in [-0.2, -0.15) is 0 Å². The summed E-state index contributed by atoms with van der Waals surface area (Å²) in [4.78, 5) is 24.8. The molecule has 1 aliphatic rings. The molecule has 0 atom stereocenters. The van der Waals surface area contributed by atoms with Crippen LogP contribution in [0, 0.1) is 5.92 Å². The van der Waals surface area contributed by atoms with Crippen molar-refractivity contribution in [3.8, 4) is 0 Å². The van der Waals surface area contributed by atoms with Crippen LogP contribution in [0.2, 0.25) is 0 Å². The first-order chi connectivity index (χ1) is 10.1. The second kappa shape index (κ2) is 7.11. The third kappa shape index (κ3) is 3.97. The minimum atomic E-state index is -0.753. The van der Waals surface area contributed by atoms with Crippen LogP contribution < -0.4 is 5.32 Å². The lowest BCUT2D eigenvalue weighted by molar-refractivity contribution is -0.145. The largest absolute Gasteiger partial charge is 0.481 e. The molecule has 1 fully saturated rings. The number of benzene rings is 1. The Morgan fingerprint density at radius 3 is 2.57 bits per heavy atom. The Labute approximate surface area is 125 Å². The lowest BCUT2D eigenvalue weighted by Crippen LogP contribution is -2.42. The zero-order chi connectivity index (χ0) is 15.2. The Morgan fingerprint density at radius 2 is 1.95 bits per heavy atom. The lowest BCUT2D eigenvalue weighted by atomic mass is 9.97. The molecule has 1 heterocycles. The molecular formula is C16H22N2O3. The highest BCUT2D eigenvalue weighted by molar-refractivity contribution is 5.81. The van der Waals surface area contributed by atoms with Gasteiger partial charge in [0, 0.05) is 18.8 Å². The van der Waals surface area contributed by atoms with Crippen molar-refractivity contribution in [3.63, 3.8) is 0 Å². The summed E-state index contributed by atoms with van der Waals surface area (Å²) in [6.45, 7) is 3.41. The molecule has 5 heteroatoms. The molecule has 0 radical (unpaired) electrons. The van der Waals surface area contributed by atoms with E-state index in [-0.39, 0.29) is 18.4 Å². The summed E-state index contributed by atoms with van der Waals surface area (Å²) in [6.07, 6.45) is 2.01. The standard InChI is InChI=1S/C16H22N2O3/c1-2-12-5-3-4-6-14(12)17-11-15(19)18-9-7-13(8-10-18)16(20)21/h3-6,13,17H,2,7-11H2,1H3,(H,20,21). The zero-order valence-electron chi connectivity index (χ0n) is 12.3. The van der Waals surface area contributed by atoms with Gasteiger partial charge in [-0.25, -0.2) is 0 Å². The maximum atomic E-state index is 12.2. The molecule has 1 amide bonds. The van der Waals surface area contributed by atoms with Gasteiger partial charge in [-0.05, 0) is 30.9 Å². The van der Waals surface area contributed by atoms with E-state index in [1.807, 2.05) is 24.3 Å². The number of carboxylic acid groups (broad SMARTS) is 1. The molecule has 1 aromatic rings. The van der Waals surface area contributed by atoms with Crippen LogP contribution in [0.1, 0.15) is 25.3 Å². The van der Waals surface area contributed by atoms with Crippen LogP contribution in [0.3, 0.4) is 0 Å². The molecule has 5 nitrogen and oxygen atoms in total. The molecular weight excluding hydrogens is 268 g/mol. The van der Waals surface area contributed by atoms with Crippen LogP contribution in [-0.4, -0.2) is 41.5 Å². The molecule has 0 aromatic heterocycles. The summed E-state index contributed by atoms with van der Waals surface area (Å²) in [5.74, 6) is -1.02. The Kier molecular flexibility index (Phi) is 5.20. The van der Waals surface area contributed by atoms with E-state index in [4.69, 9.17) is 5.11 Å². The zero-order valence-corrected chi connectivity index (χ0v) is 12.3. The Balaban J connectivity index is 1.84. The van der Waals surface area contributed by atoms with Crippen molar-refractivity contribution in [3.05, 3.63) is 29.8 Å². The maximum absolute atomic E-state index is 12.2. The van der Waals surface area contributed by atoms with E-state index in [1.54, 1.807) is 4.90 Å². The number of hydrogen-bond donors (Lipinski definition) is 2. The first-order valence-corrected chi connectivity index (χ1v) is 7.44. The quantitative estimate of drug-likeness (QED) is 0.870. The SMILES string of the molecule is CCc1ccccc1NCC(=O)N1CCC(C(=O)O)CC1. The smallest absolute Gasteiger partial charge is 0.306 e. The third-order valence-corrected chi connectivity index (χ3v) is 4.03. The van der Waals surface area contributed by atoms with E-state index in [0.717, 1.165) is 12.1 Å². The van der Waals surface area contributed by atoms with Crippen molar-refractivity contribution >= 4 is 17.6 Å². The number of aliphatic carboxylic acids is 1. The van der Waals surface area contributed by atoms with E-state index in [9.17, 15) is 9.59 Å². The fourth-order valence-corrected chi connectivity index (χ4v) is 2.66. The van der Waals surface area contributed by atoms with Crippen LogP contribution in [-0.2, 0) is 16.0 Å². The number of hydrogen-bond acceptors (Lipinski definition) is 3. The van der Waals surface area contributed by atoms with Crippen LogP contribution in [0.5, 0.6) is 0 Å². The van der Waals surface area contributed by atoms with Gasteiger partial charge in [0.1, 0.15) is 0 Å². The van der Waals surface area contributed by atoms with Crippen LogP contribution >= 0.6 is 0 Å². The normalized spacial score (nSPS) is 15.8. The van der Waals surface area contributed by atoms with Crippen LogP contribution in [0.15, 0.2) is 24.3 Å². The van der Waals surface area contributed by atoms with E-state index in [1.165, 1.54) is 5.56 Å². The van der Waals surface area contributed by atoms with Crippen LogP contribution in [0.25, 0.3) is 0 Å². The average molecular weight is 290 g/mol. The third-order valence-electron chi connectivity index (χ3n) is 4.03. The van der Waals surface area contributed by atoms with Crippen molar-refractivity contribution in [2.45, 2.75) is 26.2 Å². The summed E-state index contributed by atoms with van der Waals surface area (Å²) in [5, 5.41) is 12.1. The van der Waals surface area contributed by atoms with Gasteiger partial charge in [0.25, 0.3) is 0 Å². The number of rotatable bonds is 5. The number of aryl methyl sites for hydroxylation is 1. The number of nitrogens with zero attached hydrogens (tertiary/aromatic N) is 1. The second-order valence-corrected chi connectivity index (χ2v) is 5.36. The molecule has 1 aliphatic heterocycles. The number of amides is 1. The Hall–Kier alpha value is -2.04. The number of carboxylic acids is 1. The molecule has 0 bridgehead atoms. The number of para-hydroxylation sites is 1. The van der Waals surface area contributed by atoms with Gasteiger partial charge in [-0.1, -0.05) is 25.1 Å². The monoisotopic (exact) mass is 290 g/mol. The van der Waals surface area contributed by atoms with Gasteiger partial charge in [0.05, 0.1) is 12.5 Å². The molecule has 2 rings (SSSR count). The van der Waals surface area contributed by atoms with Gasteiger partial charge in [-0.3, -0.25) is 9.59 Å². The molecule has 1 aromatic carbocycles. The number of carbonyl (C=O) groups excluding carboxylic acids is 1. The minimum absolute atomic E-state index is 0.0322. The molecule has 21 heavy (non-hydrogen) atoms. The summed E-state index contributed by atoms with van der Waals surface area (Å²) in [5.41, 5.74) is 2.18. The number of carbonyl (C=O) groups is 2. The average Bonchev–Trinajstić information content (AvgIpc) is 2.52. The second-order valence-electron chi connectivity index (χ2n) is 5.36. The minimum Gasteiger partial charge on any atom is -0.481 e. The van der Waals surface area contributed by atoms with Gasteiger partial charge in [0.15, 0.2) is 0 Å². The van der Waals surface area contributed by atoms with E-state index in [0.29, 0.717) is 25.9 Å². The van der Waals surface area contributed by atoms with Gasteiger partial charge >= 0.3 is 5.97 Å². The van der Waals surface area contributed by atoms with E-state index < -0.39 is 5.97 Å².